The van der Waals surface area contributed by atoms with E-state index in [9.17, 15) is 4.79 Å². The van der Waals surface area contributed by atoms with Gasteiger partial charge in [-0.2, -0.15) is 5.10 Å². The number of nitrogens with one attached hydrogen (secondary N) is 3. The molecule has 1 fully saturated rings. The normalized spacial score (nSPS) is 18.5. The minimum absolute atomic E-state index is 0.0922. The van der Waals surface area contributed by atoms with Crippen LogP contribution in [0.25, 0.3) is 22.0 Å². The smallest absolute Gasteiger partial charge is 0.255 e. The van der Waals surface area contributed by atoms with Gasteiger partial charge in [-0.05, 0) is 57.2 Å². The van der Waals surface area contributed by atoms with Gasteiger partial charge in [-0.1, -0.05) is 11.3 Å². The highest BCUT2D eigenvalue weighted by molar-refractivity contribution is 6.08. The highest BCUT2D eigenvalue weighted by atomic mass is 16.1. The van der Waals surface area contributed by atoms with E-state index in [1.807, 2.05) is 29.2 Å². The second kappa shape index (κ2) is 9.01. The molecule has 0 spiro atoms. The van der Waals surface area contributed by atoms with Gasteiger partial charge in [0.1, 0.15) is 0 Å². The summed E-state index contributed by atoms with van der Waals surface area (Å²) in [5.74, 6) is -0.0922. The molecule has 1 aliphatic rings. The first-order valence-electron chi connectivity index (χ1n) is 11.4. The van der Waals surface area contributed by atoms with Crippen molar-refractivity contribution in [2.24, 2.45) is 0 Å². The maximum absolute atomic E-state index is 13.3. The molecule has 0 aliphatic heterocycles. The minimum atomic E-state index is -0.0922. The molecule has 0 atom stereocenters. The molecule has 1 saturated carbocycles. The van der Waals surface area contributed by atoms with Crippen molar-refractivity contribution >= 4 is 22.5 Å². The standard InChI is InChI=1S/C24H28N8O/c1-15(2)29-23-20-11-16(17-12-27-28-13-17)3-8-22(20)25-14-21(23)24(33)30-18-4-6-19(7-5-18)32-10-9-26-31-32/h3,8-15,18-19H,4-7H2,1-2H3,(H,25,29)(H,27,28)(H,30,33). The van der Waals surface area contributed by atoms with Crippen molar-refractivity contribution in [3.05, 3.63) is 54.7 Å². The van der Waals surface area contributed by atoms with Crippen LogP contribution in [0.15, 0.2) is 49.2 Å². The molecule has 170 valence electrons. The van der Waals surface area contributed by atoms with E-state index in [1.165, 1.54) is 0 Å². The van der Waals surface area contributed by atoms with Crippen LogP contribution in [0.4, 0.5) is 5.69 Å². The first-order valence-corrected chi connectivity index (χ1v) is 11.4. The van der Waals surface area contributed by atoms with E-state index in [0.29, 0.717) is 11.6 Å². The number of aromatic nitrogens is 6. The molecule has 3 N–H and O–H groups in total. The van der Waals surface area contributed by atoms with E-state index in [4.69, 9.17) is 0 Å². The largest absolute Gasteiger partial charge is 0.382 e. The number of hydrogen-bond acceptors (Lipinski definition) is 6. The number of hydrogen-bond donors (Lipinski definition) is 3. The Morgan fingerprint density at radius 2 is 2.00 bits per heavy atom. The Morgan fingerprint density at radius 3 is 2.70 bits per heavy atom. The van der Waals surface area contributed by atoms with Crippen LogP contribution in [-0.2, 0) is 0 Å². The molecule has 9 heteroatoms. The van der Waals surface area contributed by atoms with E-state index in [1.54, 1.807) is 18.6 Å². The zero-order valence-electron chi connectivity index (χ0n) is 18.8. The van der Waals surface area contributed by atoms with Crippen molar-refractivity contribution < 1.29 is 4.79 Å². The fraction of sp³-hybridized carbons (Fsp3) is 0.375. The van der Waals surface area contributed by atoms with Crippen LogP contribution in [0.3, 0.4) is 0 Å². The lowest BCUT2D eigenvalue weighted by Crippen LogP contribution is -2.38. The molecule has 1 amide bonds. The van der Waals surface area contributed by atoms with Crippen LogP contribution in [0.5, 0.6) is 0 Å². The number of fused-ring (bicyclic) bond motifs is 1. The van der Waals surface area contributed by atoms with Gasteiger partial charge in [0.15, 0.2) is 0 Å². The number of carbonyl (C=O) groups excluding carboxylic acids is 1. The number of aromatic amines is 1. The maximum atomic E-state index is 13.3. The number of benzene rings is 1. The molecule has 1 aromatic carbocycles. The second-order valence-electron chi connectivity index (χ2n) is 8.93. The van der Waals surface area contributed by atoms with Gasteiger partial charge in [-0.25, -0.2) is 4.68 Å². The van der Waals surface area contributed by atoms with Gasteiger partial charge >= 0.3 is 0 Å². The molecule has 4 aromatic rings. The quantitative estimate of drug-likeness (QED) is 0.415. The molecule has 5 rings (SSSR count). The van der Waals surface area contributed by atoms with Gasteiger partial charge in [-0.3, -0.25) is 14.9 Å². The number of nitrogens with zero attached hydrogens (tertiary/aromatic N) is 5. The monoisotopic (exact) mass is 444 g/mol. The highest BCUT2D eigenvalue weighted by Crippen LogP contribution is 2.32. The van der Waals surface area contributed by atoms with Crippen molar-refractivity contribution in [3.63, 3.8) is 0 Å². The first kappa shape index (κ1) is 21.1. The molecule has 0 bridgehead atoms. The van der Waals surface area contributed by atoms with Crippen LogP contribution in [0.1, 0.15) is 55.9 Å². The lowest BCUT2D eigenvalue weighted by molar-refractivity contribution is 0.0922. The fourth-order valence-electron chi connectivity index (χ4n) is 4.56. The van der Waals surface area contributed by atoms with Crippen molar-refractivity contribution in [2.75, 3.05) is 5.32 Å². The van der Waals surface area contributed by atoms with E-state index < -0.39 is 0 Å². The van der Waals surface area contributed by atoms with E-state index >= 15 is 0 Å². The summed E-state index contributed by atoms with van der Waals surface area (Å²) in [6.45, 7) is 4.14. The Kier molecular flexibility index (Phi) is 5.77. The van der Waals surface area contributed by atoms with Crippen molar-refractivity contribution in [1.82, 2.24) is 35.5 Å². The number of rotatable bonds is 6. The highest BCUT2D eigenvalue weighted by Gasteiger charge is 2.25. The van der Waals surface area contributed by atoms with Crippen LogP contribution >= 0.6 is 0 Å². The van der Waals surface area contributed by atoms with Crippen LogP contribution < -0.4 is 10.6 Å². The van der Waals surface area contributed by atoms with Gasteiger partial charge in [0, 0.05) is 41.6 Å². The topological polar surface area (TPSA) is 113 Å². The van der Waals surface area contributed by atoms with Crippen LogP contribution in [-0.4, -0.2) is 48.2 Å². The third kappa shape index (κ3) is 4.44. The molecule has 0 saturated heterocycles. The molecule has 3 aromatic heterocycles. The summed E-state index contributed by atoms with van der Waals surface area (Å²) in [7, 11) is 0. The average Bonchev–Trinajstić information content (AvgIpc) is 3.54. The molecule has 0 radical (unpaired) electrons. The van der Waals surface area contributed by atoms with Gasteiger partial charge in [-0.15, -0.1) is 5.10 Å². The number of carbonyl (C=O) groups is 1. The molecule has 1 aliphatic carbocycles. The van der Waals surface area contributed by atoms with Crippen LogP contribution in [0, 0.1) is 0 Å². The molecular formula is C24H28N8O. The number of amides is 1. The molecule has 9 nitrogen and oxygen atoms in total. The molecular weight excluding hydrogens is 416 g/mol. The summed E-state index contributed by atoms with van der Waals surface area (Å²) in [6.07, 6.45) is 12.7. The van der Waals surface area contributed by atoms with Gasteiger partial charge in [0.05, 0.1) is 35.2 Å². The summed E-state index contributed by atoms with van der Waals surface area (Å²) in [5.41, 5.74) is 4.24. The SMILES string of the molecule is CC(C)Nc1c(C(=O)NC2CCC(n3ccnn3)CC2)cnc2ccc(-c3cn[nH]c3)cc12. The molecule has 33 heavy (non-hydrogen) atoms. The Bertz CT molecular complexity index is 1230. The number of anilines is 1. The Balaban J connectivity index is 1.40. The second-order valence-corrected chi connectivity index (χ2v) is 8.93. The summed E-state index contributed by atoms with van der Waals surface area (Å²) >= 11 is 0. The summed E-state index contributed by atoms with van der Waals surface area (Å²) < 4.78 is 1.92. The van der Waals surface area contributed by atoms with Gasteiger partial charge in [0.25, 0.3) is 5.91 Å². The maximum Gasteiger partial charge on any atom is 0.255 e. The van der Waals surface area contributed by atoms with Gasteiger partial charge < -0.3 is 10.6 Å². The van der Waals surface area contributed by atoms with Crippen molar-refractivity contribution in [1.29, 1.82) is 0 Å². The lowest BCUT2D eigenvalue weighted by atomic mass is 9.91. The fourth-order valence-corrected chi connectivity index (χ4v) is 4.56. The minimum Gasteiger partial charge on any atom is -0.382 e. The number of pyridine rings is 1. The van der Waals surface area contributed by atoms with E-state index in [0.717, 1.165) is 53.4 Å². The molecule has 3 heterocycles. The summed E-state index contributed by atoms with van der Waals surface area (Å²) in [4.78, 5) is 17.9. The third-order valence-corrected chi connectivity index (χ3v) is 6.22. The predicted octanol–water partition coefficient (Wildman–Crippen LogP) is 3.95. The number of H-pyrrole nitrogens is 1. The van der Waals surface area contributed by atoms with E-state index in [-0.39, 0.29) is 18.0 Å². The average molecular weight is 445 g/mol. The van der Waals surface area contributed by atoms with Crippen LogP contribution in [0.2, 0.25) is 0 Å². The zero-order chi connectivity index (χ0) is 22.8. The summed E-state index contributed by atoms with van der Waals surface area (Å²) in [6, 6.07) is 6.72. The predicted molar refractivity (Wildman–Crippen MR) is 127 cm³/mol. The van der Waals surface area contributed by atoms with E-state index in [2.05, 4.69) is 56.0 Å². The Labute approximate surface area is 192 Å². The van der Waals surface area contributed by atoms with Crippen molar-refractivity contribution in [3.8, 4) is 11.1 Å². The Hall–Kier alpha value is -3.75. The Morgan fingerprint density at radius 1 is 1.15 bits per heavy atom. The lowest BCUT2D eigenvalue weighted by Gasteiger charge is -2.29. The molecule has 0 unspecified atom stereocenters. The van der Waals surface area contributed by atoms with Gasteiger partial charge in [0.2, 0.25) is 0 Å². The zero-order valence-corrected chi connectivity index (χ0v) is 18.8. The first-order chi connectivity index (χ1) is 16.1. The third-order valence-electron chi connectivity index (χ3n) is 6.22. The summed E-state index contributed by atoms with van der Waals surface area (Å²) in [5, 5.41) is 22.6. The van der Waals surface area contributed by atoms with Crippen molar-refractivity contribution in [2.45, 2.75) is 57.7 Å².